The number of nitrogens with zero attached hydrogens (tertiary/aromatic N) is 1. The summed E-state index contributed by atoms with van der Waals surface area (Å²) in [7, 11) is -2.26. The SMILES string of the molecule is CNC(=O)c1c(-c2ccc(F)cc2)oc2cc(N(CC(C)(C)O)S(C)(=O)=O)c(Br)cc12. The average molecular weight is 513 g/mol. The Kier molecular flexibility index (Phi) is 6.18. The number of carbonyl (C=O) groups is 1. The molecule has 3 rings (SSSR count). The normalized spacial score (nSPS) is 12.2. The largest absolute Gasteiger partial charge is 0.455 e. The summed E-state index contributed by atoms with van der Waals surface area (Å²) in [6.45, 7) is 2.81. The molecule has 0 aliphatic heterocycles. The van der Waals surface area contributed by atoms with Crippen molar-refractivity contribution in [1.29, 1.82) is 0 Å². The van der Waals surface area contributed by atoms with Crippen molar-refractivity contribution in [3.8, 4) is 11.3 Å². The number of amides is 1. The quantitative estimate of drug-likeness (QED) is 0.521. The molecule has 0 spiro atoms. The van der Waals surface area contributed by atoms with Crippen LogP contribution >= 0.6 is 15.9 Å². The lowest BCUT2D eigenvalue weighted by molar-refractivity contribution is 0.0908. The zero-order chi connectivity index (χ0) is 23.1. The van der Waals surface area contributed by atoms with E-state index < -0.39 is 27.3 Å². The molecule has 10 heteroatoms. The van der Waals surface area contributed by atoms with Gasteiger partial charge in [0.2, 0.25) is 10.0 Å². The molecule has 0 unspecified atom stereocenters. The number of rotatable bonds is 6. The van der Waals surface area contributed by atoms with E-state index >= 15 is 0 Å². The van der Waals surface area contributed by atoms with Gasteiger partial charge in [0, 0.05) is 28.5 Å². The average Bonchev–Trinajstić information content (AvgIpc) is 3.02. The molecule has 1 aromatic heterocycles. The number of sulfonamides is 1. The minimum absolute atomic E-state index is 0.191. The van der Waals surface area contributed by atoms with Gasteiger partial charge in [0.25, 0.3) is 5.91 Å². The number of carbonyl (C=O) groups excluding carboxylic acids is 1. The highest BCUT2D eigenvalue weighted by molar-refractivity contribution is 9.10. The minimum Gasteiger partial charge on any atom is -0.455 e. The van der Waals surface area contributed by atoms with Crippen molar-refractivity contribution in [2.45, 2.75) is 19.4 Å². The summed E-state index contributed by atoms with van der Waals surface area (Å²) in [5, 5.41) is 13.2. The van der Waals surface area contributed by atoms with E-state index in [1.165, 1.54) is 51.2 Å². The third kappa shape index (κ3) is 4.91. The van der Waals surface area contributed by atoms with Crippen molar-refractivity contribution in [3.63, 3.8) is 0 Å². The summed E-state index contributed by atoms with van der Waals surface area (Å²) in [6.07, 6.45) is 1.04. The monoisotopic (exact) mass is 512 g/mol. The van der Waals surface area contributed by atoms with Crippen LogP contribution in [0.1, 0.15) is 24.2 Å². The van der Waals surface area contributed by atoms with Gasteiger partial charge in [-0.05, 0) is 60.1 Å². The molecule has 0 bridgehead atoms. The third-order valence-electron chi connectivity index (χ3n) is 4.52. The van der Waals surface area contributed by atoms with Gasteiger partial charge in [0.15, 0.2) is 0 Å². The van der Waals surface area contributed by atoms with Crippen LogP contribution < -0.4 is 9.62 Å². The van der Waals surface area contributed by atoms with Crippen molar-refractivity contribution < 1.29 is 27.1 Å². The lowest BCUT2D eigenvalue weighted by atomic mass is 10.0. The molecule has 2 N–H and O–H groups in total. The second-order valence-electron chi connectivity index (χ2n) is 7.77. The van der Waals surface area contributed by atoms with Crippen molar-refractivity contribution in [2.75, 3.05) is 24.2 Å². The fraction of sp³-hybridized carbons (Fsp3) is 0.286. The van der Waals surface area contributed by atoms with Crippen molar-refractivity contribution in [1.82, 2.24) is 5.32 Å². The maximum Gasteiger partial charge on any atom is 0.255 e. The smallest absolute Gasteiger partial charge is 0.255 e. The number of fused-ring (bicyclic) bond motifs is 1. The van der Waals surface area contributed by atoms with Crippen LogP contribution in [-0.2, 0) is 10.0 Å². The van der Waals surface area contributed by atoms with E-state index in [2.05, 4.69) is 21.2 Å². The molecule has 0 fully saturated rings. The van der Waals surface area contributed by atoms with E-state index in [1.807, 2.05) is 0 Å². The van der Waals surface area contributed by atoms with Gasteiger partial charge in [-0.15, -0.1) is 0 Å². The first-order chi connectivity index (χ1) is 14.3. The number of benzene rings is 2. The molecule has 166 valence electrons. The molecule has 1 amide bonds. The second-order valence-corrected chi connectivity index (χ2v) is 10.5. The summed E-state index contributed by atoms with van der Waals surface area (Å²) in [5.74, 6) is -0.609. The number of nitrogens with one attached hydrogen (secondary N) is 1. The maximum absolute atomic E-state index is 13.4. The van der Waals surface area contributed by atoms with E-state index in [4.69, 9.17) is 4.42 Å². The van der Waals surface area contributed by atoms with Crippen LogP contribution in [0.3, 0.4) is 0 Å². The van der Waals surface area contributed by atoms with E-state index in [0.717, 1.165) is 10.6 Å². The number of hydrogen-bond donors (Lipinski definition) is 2. The van der Waals surface area contributed by atoms with Gasteiger partial charge in [-0.25, -0.2) is 12.8 Å². The Morgan fingerprint density at radius 2 is 1.87 bits per heavy atom. The van der Waals surface area contributed by atoms with Crippen LogP contribution in [0.2, 0.25) is 0 Å². The van der Waals surface area contributed by atoms with Crippen LogP contribution in [0.25, 0.3) is 22.3 Å². The molecule has 0 radical (unpaired) electrons. The van der Waals surface area contributed by atoms with E-state index in [-0.39, 0.29) is 29.1 Å². The van der Waals surface area contributed by atoms with Crippen LogP contribution in [0, 0.1) is 5.82 Å². The van der Waals surface area contributed by atoms with Crippen LogP contribution in [-0.4, -0.2) is 44.9 Å². The van der Waals surface area contributed by atoms with Crippen LogP contribution in [0.5, 0.6) is 0 Å². The number of anilines is 1. The number of hydrogen-bond acceptors (Lipinski definition) is 5. The Bertz CT molecular complexity index is 1250. The fourth-order valence-electron chi connectivity index (χ4n) is 3.18. The van der Waals surface area contributed by atoms with Gasteiger partial charge in [0.05, 0.1) is 29.7 Å². The Balaban J connectivity index is 2.28. The maximum atomic E-state index is 13.4. The zero-order valence-electron chi connectivity index (χ0n) is 17.4. The van der Waals surface area contributed by atoms with Gasteiger partial charge >= 0.3 is 0 Å². The topological polar surface area (TPSA) is 99.8 Å². The molecule has 7 nitrogen and oxygen atoms in total. The van der Waals surface area contributed by atoms with Crippen molar-refractivity contribution >= 4 is 48.5 Å². The Morgan fingerprint density at radius 1 is 1.26 bits per heavy atom. The molecule has 0 atom stereocenters. The molecular formula is C21H22BrFN2O5S. The van der Waals surface area contributed by atoms with Gasteiger partial charge in [0.1, 0.15) is 17.2 Å². The van der Waals surface area contributed by atoms with E-state index in [9.17, 15) is 22.7 Å². The van der Waals surface area contributed by atoms with Crippen LogP contribution in [0.15, 0.2) is 45.3 Å². The summed E-state index contributed by atoms with van der Waals surface area (Å²) < 4.78 is 45.7. The molecule has 0 aliphatic carbocycles. The molecule has 0 aliphatic rings. The van der Waals surface area contributed by atoms with Gasteiger partial charge in [-0.3, -0.25) is 9.10 Å². The van der Waals surface area contributed by atoms with Crippen molar-refractivity contribution in [3.05, 3.63) is 52.3 Å². The fourth-order valence-corrected chi connectivity index (χ4v) is 4.92. The first-order valence-corrected chi connectivity index (χ1v) is 11.9. The highest BCUT2D eigenvalue weighted by Gasteiger charge is 2.29. The molecule has 2 aromatic carbocycles. The molecular weight excluding hydrogens is 491 g/mol. The summed E-state index contributed by atoms with van der Waals surface area (Å²) in [4.78, 5) is 12.6. The number of furan rings is 1. The number of aliphatic hydroxyl groups is 1. The first kappa shape index (κ1) is 23.2. The predicted molar refractivity (Wildman–Crippen MR) is 121 cm³/mol. The molecule has 0 saturated heterocycles. The Hall–Kier alpha value is -2.43. The summed E-state index contributed by atoms with van der Waals surface area (Å²) >= 11 is 3.39. The zero-order valence-corrected chi connectivity index (χ0v) is 19.8. The molecule has 0 saturated carbocycles. The molecule has 3 aromatic rings. The van der Waals surface area contributed by atoms with Gasteiger partial charge in [-0.2, -0.15) is 0 Å². The van der Waals surface area contributed by atoms with Gasteiger partial charge < -0.3 is 14.8 Å². The Morgan fingerprint density at radius 3 is 2.39 bits per heavy atom. The standard InChI is InChI=1S/C21H22BrFN2O5S/c1-21(2,27)11-25(31(4,28)29)16-10-17-14(9-15(16)22)18(20(26)24-3)19(30-17)12-5-7-13(23)8-6-12/h5-10,27H,11H2,1-4H3,(H,24,26). The lowest BCUT2D eigenvalue weighted by Gasteiger charge is -2.29. The third-order valence-corrected chi connectivity index (χ3v) is 6.28. The second kappa shape index (κ2) is 8.25. The van der Waals surface area contributed by atoms with E-state index in [0.29, 0.717) is 15.4 Å². The van der Waals surface area contributed by atoms with E-state index in [1.54, 1.807) is 6.07 Å². The summed E-state index contributed by atoms with van der Waals surface area (Å²) in [6, 6.07) is 8.58. The highest BCUT2D eigenvalue weighted by atomic mass is 79.9. The summed E-state index contributed by atoms with van der Waals surface area (Å²) in [5.41, 5.74) is -0.0525. The first-order valence-electron chi connectivity index (χ1n) is 9.26. The molecule has 31 heavy (non-hydrogen) atoms. The van der Waals surface area contributed by atoms with Crippen LogP contribution in [0.4, 0.5) is 10.1 Å². The molecule has 1 heterocycles. The van der Waals surface area contributed by atoms with Crippen molar-refractivity contribution in [2.24, 2.45) is 0 Å². The number of halogens is 2. The minimum atomic E-state index is -3.74. The highest BCUT2D eigenvalue weighted by Crippen LogP contribution is 2.40. The Labute approximate surface area is 188 Å². The van der Waals surface area contributed by atoms with Gasteiger partial charge in [-0.1, -0.05) is 0 Å². The lowest BCUT2D eigenvalue weighted by Crippen LogP contribution is -2.42. The predicted octanol–water partition coefficient (Wildman–Crippen LogP) is 3.90.